The quantitative estimate of drug-likeness (QED) is 0.799. The normalized spacial score (nSPS) is 13.9. The van der Waals surface area contributed by atoms with Crippen LogP contribution in [0.5, 0.6) is 0 Å². The standard InChI is InChI=1S/C11H17NO3/c1-7-5-6-8(15-7)9(12-4)11(2,3)10(13)14/h5-6,9,12H,1-4H3,(H,13,14). The van der Waals surface area contributed by atoms with Crippen LogP contribution in [0.25, 0.3) is 0 Å². The number of nitrogens with one attached hydrogen (secondary N) is 1. The molecule has 4 nitrogen and oxygen atoms in total. The Morgan fingerprint density at radius 1 is 1.53 bits per heavy atom. The van der Waals surface area contributed by atoms with Crippen molar-refractivity contribution in [3.8, 4) is 0 Å². The number of rotatable bonds is 4. The van der Waals surface area contributed by atoms with Gasteiger partial charge in [-0.1, -0.05) is 0 Å². The summed E-state index contributed by atoms with van der Waals surface area (Å²) in [6, 6.07) is 3.31. The second kappa shape index (κ2) is 4.06. The highest BCUT2D eigenvalue weighted by molar-refractivity contribution is 5.74. The highest BCUT2D eigenvalue weighted by atomic mass is 16.4. The van der Waals surface area contributed by atoms with E-state index in [-0.39, 0.29) is 6.04 Å². The number of furan rings is 1. The van der Waals surface area contributed by atoms with Gasteiger partial charge in [0.2, 0.25) is 0 Å². The van der Waals surface area contributed by atoms with Gasteiger partial charge in [0.15, 0.2) is 0 Å². The molecule has 1 aromatic heterocycles. The van der Waals surface area contributed by atoms with Crippen LogP contribution in [0.2, 0.25) is 0 Å². The van der Waals surface area contributed by atoms with Crippen LogP contribution >= 0.6 is 0 Å². The largest absolute Gasteiger partial charge is 0.481 e. The number of aliphatic carboxylic acids is 1. The summed E-state index contributed by atoms with van der Waals surface area (Å²) in [6.07, 6.45) is 0. The molecule has 1 aromatic rings. The first kappa shape index (κ1) is 11.8. The van der Waals surface area contributed by atoms with Crippen LogP contribution < -0.4 is 5.32 Å². The number of hydrogen-bond donors (Lipinski definition) is 2. The molecule has 0 saturated carbocycles. The van der Waals surface area contributed by atoms with Crippen LogP contribution in [0.15, 0.2) is 16.5 Å². The Bertz CT molecular complexity index is 354. The highest BCUT2D eigenvalue weighted by Gasteiger charge is 2.38. The van der Waals surface area contributed by atoms with E-state index < -0.39 is 11.4 Å². The average Bonchev–Trinajstić information content (AvgIpc) is 2.52. The van der Waals surface area contributed by atoms with Gasteiger partial charge in [-0.25, -0.2) is 0 Å². The second-order valence-corrected chi connectivity index (χ2v) is 4.20. The van der Waals surface area contributed by atoms with E-state index >= 15 is 0 Å². The third-order valence-electron chi connectivity index (χ3n) is 2.61. The molecular weight excluding hydrogens is 194 g/mol. The number of carbonyl (C=O) groups is 1. The zero-order valence-corrected chi connectivity index (χ0v) is 9.50. The molecule has 0 amide bonds. The monoisotopic (exact) mass is 211 g/mol. The minimum Gasteiger partial charge on any atom is -0.481 e. The van der Waals surface area contributed by atoms with Gasteiger partial charge in [0, 0.05) is 0 Å². The fourth-order valence-electron chi connectivity index (χ4n) is 1.59. The van der Waals surface area contributed by atoms with E-state index in [0.717, 1.165) is 5.76 Å². The van der Waals surface area contributed by atoms with Crippen molar-refractivity contribution in [3.05, 3.63) is 23.7 Å². The summed E-state index contributed by atoms with van der Waals surface area (Å²) in [5.74, 6) is 0.588. The minimum absolute atomic E-state index is 0.330. The van der Waals surface area contributed by atoms with Gasteiger partial charge >= 0.3 is 5.97 Å². The molecule has 0 fully saturated rings. The van der Waals surface area contributed by atoms with Gasteiger partial charge in [-0.15, -0.1) is 0 Å². The molecule has 0 aliphatic rings. The van der Waals surface area contributed by atoms with Crippen molar-refractivity contribution in [1.82, 2.24) is 5.32 Å². The van der Waals surface area contributed by atoms with E-state index in [1.165, 1.54) is 0 Å². The summed E-state index contributed by atoms with van der Waals surface area (Å²) in [7, 11) is 1.73. The van der Waals surface area contributed by atoms with Gasteiger partial charge in [0.1, 0.15) is 11.5 Å². The maximum atomic E-state index is 11.1. The molecule has 0 saturated heterocycles. The Morgan fingerprint density at radius 2 is 2.13 bits per heavy atom. The molecule has 0 aliphatic heterocycles. The van der Waals surface area contributed by atoms with Crippen LogP contribution in [-0.2, 0) is 4.79 Å². The van der Waals surface area contributed by atoms with Gasteiger partial charge in [0.25, 0.3) is 0 Å². The topological polar surface area (TPSA) is 62.5 Å². The number of aryl methyl sites for hydroxylation is 1. The van der Waals surface area contributed by atoms with Gasteiger partial charge in [-0.2, -0.15) is 0 Å². The van der Waals surface area contributed by atoms with E-state index in [2.05, 4.69) is 5.32 Å². The molecule has 0 bridgehead atoms. The van der Waals surface area contributed by atoms with Crippen molar-refractivity contribution in [2.45, 2.75) is 26.8 Å². The molecule has 0 aliphatic carbocycles. The predicted octanol–water partition coefficient (Wildman–Crippen LogP) is 1.96. The minimum atomic E-state index is -0.904. The summed E-state index contributed by atoms with van der Waals surface area (Å²) in [5.41, 5.74) is -0.904. The lowest BCUT2D eigenvalue weighted by molar-refractivity contribution is -0.149. The van der Waals surface area contributed by atoms with Crippen molar-refractivity contribution in [1.29, 1.82) is 0 Å². The fourth-order valence-corrected chi connectivity index (χ4v) is 1.59. The summed E-state index contributed by atoms with van der Waals surface area (Å²) in [4.78, 5) is 11.1. The van der Waals surface area contributed by atoms with Crippen molar-refractivity contribution in [3.63, 3.8) is 0 Å². The van der Waals surface area contributed by atoms with E-state index in [9.17, 15) is 4.79 Å². The maximum Gasteiger partial charge on any atom is 0.311 e. The third-order valence-corrected chi connectivity index (χ3v) is 2.61. The first-order chi connectivity index (χ1) is 6.89. The van der Waals surface area contributed by atoms with Crippen LogP contribution in [0.3, 0.4) is 0 Å². The summed E-state index contributed by atoms with van der Waals surface area (Å²) < 4.78 is 5.45. The van der Waals surface area contributed by atoms with Crippen molar-refractivity contribution < 1.29 is 14.3 Å². The molecule has 0 aromatic carbocycles. The average molecular weight is 211 g/mol. The van der Waals surface area contributed by atoms with Crippen molar-refractivity contribution in [2.24, 2.45) is 5.41 Å². The highest BCUT2D eigenvalue weighted by Crippen LogP contribution is 2.34. The Morgan fingerprint density at radius 3 is 2.47 bits per heavy atom. The van der Waals surface area contributed by atoms with Crippen molar-refractivity contribution in [2.75, 3.05) is 7.05 Å². The summed E-state index contributed by atoms with van der Waals surface area (Å²) in [6.45, 7) is 5.19. The Labute approximate surface area is 89.3 Å². The van der Waals surface area contributed by atoms with Gasteiger partial charge in [-0.05, 0) is 40.0 Å². The zero-order valence-electron chi connectivity index (χ0n) is 9.50. The van der Waals surface area contributed by atoms with E-state index in [1.807, 2.05) is 13.0 Å². The molecule has 4 heteroatoms. The number of hydrogen-bond acceptors (Lipinski definition) is 3. The molecule has 1 rings (SSSR count). The van der Waals surface area contributed by atoms with E-state index in [4.69, 9.17) is 9.52 Å². The number of carboxylic acids is 1. The molecule has 0 spiro atoms. The van der Waals surface area contributed by atoms with Gasteiger partial charge < -0.3 is 14.8 Å². The molecular formula is C11H17NO3. The fraction of sp³-hybridized carbons (Fsp3) is 0.545. The van der Waals surface area contributed by atoms with Gasteiger partial charge in [-0.3, -0.25) is 4.79 Å². The Kier molecular flexibility index (Phi) is 3.19. The lowest BCUT2D eigenvalue weighted by atomic mass is 9.83. The first-order valence-electron chi connectivity index (χ1n) is 4.86. The molecule has 1 heterocycles. The van der Waals surface area contributed by atoms with E-state index in [0.29, 0.717) is 5.76 Å². The molecule has 0 radical (unpaired) electrons. The molecule has 15 heavy (non-hydrogen) atoms. The molecule has 1 unspecified atom stereocenters. The summed E-state index contributed by atoms with van der Waals surface area (Å²) >= 11 is 0. The predicted molar refractivity (Wildman–Crippen MR) is 56.7 cm³/mol. The second-order valence-electron chi connectivity index (χ2n) is 4.20. The zero-order chi connectivity index (χ0) is 11.6. The van der Waals surface area contributed by atoms with Crippen LogP contribution in [-0.4, -0.2) is 18.1 Å². The number of carboxylic acid groups (broad SMARTS) is 1. The van der Waals surface area contributed by atoms with Crippen LogP contribution in [0.4, 0.5) is 0 Å². The SMILES string of the molecule is CNC(c1ccc(C)o1)C(C)(C)C(=O)O. The van der Waals surface area contributed by atoms with E-state index in [1.54, 1.807) is 27.0 Å². The van der Waals surface area contributed by atoms with Crippen LogP contribution in [0, 0.1) is 12.3 Å². The lowest BCUT2D eigenvalue weighted by Crippen LogP contribution is -2.38. The third kappa shape index (κ3) is 2.21. The lowest BCUT2D eigenvalue weighted by Gasteiger charge is -2.28. The molecule has 1 atom stereocenters. The Balaban J connectivity index is 3.04. The van der Waals surface area contributed by atoms with Crippen molar-refractivity contribution >= 4 is 5.97 Å². The molecule has 2 N–H and O–H groups in total. The maximum absolute atomic E-state index is 11.1. The smallest absolute Gasteiger partial charge is 0.311 e. The van der Waals surface area contributed by atoms with Gasteiger partial charge in [0.05, 0.1) is 11.5 Å². The molecule has 84 valence electrons. The first-order valence-corrected chi connectivity index (χ1v) is 4.86. The Hall–Kier alpha value is -1.29. The summed E-state index contributed by atoms with van der Waals surface area (Å²) in [5, 5.41) is 12.1. The van der Waals surface area contributed by atoms with Crippen LogP contribution in [0.1, 0.15) is 31.4 Å².